The molecule has 266 valence electrons. The Bertz CT molecular complexity index is 1840. The van der Waals surface area contributed by atoms with E-state index in [1.807, 2.05) is 12.1 Å². The van der Waals surface area contributed by atoms with Crippen LogP contribution < -0.4 is 40.2 Å². The summed E-state index contributed by atoms with van der Waals surface area (Å²) >= 11 is 0. The van der Waals surface area contributed by atoms with Gasteiger partial charge in [-0.3, -0.25) is 19.2 Å². The molecule has 4 aromatic carbocycles. The molecule has 0 fully saturated rings. The first-order chi connectivity index (χ1) is 25.4. The first-order valence-corrected chi connectivity index (χ1v) is 16.9. The van der Waals surface area contributed by atoms with Crippen LogP contribution in [0.1, 0.15) is 57.5 Å². The molecular formula is C40H38N4O8. The SMILES string of the molecule is O=C(NCCCCCCNC(=O)/C(=C\c1ccc2c(c1)OCO2)NC(=O)c1ccccc1)/C(=C/c1ccc2c(c1)OCO2)NC(=O)c1ccccc1. The first kappa shape index (κ1) is 35.3. The van der Waals surface area contributed by atoms with Crippen LogP contribution in [0.2, 0.25) is 0 Å². The van der Waals surface area contributed by atoms with Crippen LogP contribution in [0.4, 0.5) is 0 Å². The van der Waals surface area contributed by atoms with Crippen LogP contribution in [0.3, 0.4) is 0 Å². The van der Waals surface area contributed by atoms with Gasteiger partial charge in [-0.25, -0.2) is 0 Å². The minimum absolute atomic E-state index is 0.0967. The van der Waals surface area contributed by atoms with Crippen molar-refractivity contribution in [2.45, 2.75) is 25.7 Å². The number of ether oxygens (including phenoxy) is 4. The highest BCUT2D eigenvalue weighted by Gasteiger charge is 2.19. The number of fused-ring (bicyclic) bond motifs is 2. The van der Waals surface area contributed by atoms with Crippen molar-refractivity contribution in [3.63, 3.8) is 0 Å². The zero-order chi connectivity index (χ0) is 36.1. The fraction of sp³-hybridized carbons (Fsp3) is 0.200. The second-order valence-corrected chi connectivity index (χ2v) is 11.9. The molecule has 12 heteroatoms. The predicted molar refractivity (Wildman–Crippen MR) is 193 cm³/mol. The monoisotopic (exact) mass is 702 g/mol. The summed E-state index contributed by atoms with van der Waals surface area (Å²) in [5.74, 6) is 0.702. The van der Waals surface area contributed by atoms with Gasteiger partial charge in [0.05, 0.1) is 0 Å². The van der Waals surface area contributed by atoms with Crippen LogP contribution >= 0.6 is 0 Å². The number of carbonyl (C=O) groups excluding carboxylic acids is 4. The van der Waals surface area contributed by atoms with Gasteiger partial charge in [0.1, 0.15) is 11.4 Å². The second-order valence-electron chi connectivity index (χ2n) is 11.9. The third kappa shape index (κ3) is 9.57. The van der Waals surface area contributed by atoms with Crippen LogP contribution in [0.15, 0.2) is 108 Å². The minimum atomic E-state index is -0.423. The van der Waals surface area contributed by atoms with Gasteiger partial charge in [-0.1, -0.05) is 61.4 Å². The average molecular weight is 703 g/mol. The van der Waals surface area contributed by atoms with E-state index in [-0.39, 0.29) is 25.0 Å². The van der Waals surface area contributed by atoms with E-state index in [4.69, 9.17) is 18.9 Å². The zero-order valence-electron chi connectivity index (χ0n) is 28.3. The van der Waals surface area contributed by atoms with Crippen molar-refractivity contribution < 1.29 is 38.1 Å². The number of hydrogen-bond donors (Lipinski definition) is 4. The quantitative estimate of drug-likeness (QED) is 0.0977. The highest BCUT2D eigenvalue weighted by atomic mass is 16.7. The molecule has 0 atom stereocenters. The molecule has 0 saturated carbocycles. The second kappa shape index (κ2) is 17.4. The number of amides is 4. The Balaban J connectivity index is 0.982. The van der Waals surface area contributed by atoms with Crippen molar-refractivity contribution in [1.29, 1.82) is 0 Å². The van der Waals surface area contributed by atoms with Crippen LogP contribution in [-0.2, 0) is 9.59 Å². The summed E-state index contributed by atoms with van der Waals surface area (Å²) in [6, 6.07) is 27.9. The third-order valence-electron chi connectivity index (χ3n) is 8.15. The maximum atomic E-state index is 13.2. The number of benzene rings is 4. The summed E-state index contributed by atoms with van der Waals surface area (Å²) in [6.45, 7) is 1.03. The van der Waals surface area contributed by atoms with Crippen LogP contribution in [-0.4, -0.2) is 50.3 Å². The molecule has 4 N–H and O–H groups in total. The fourth-order valence-corrected chi connectivity index (χ4v) is 5.42. The Labute approximate surface area is 300 Å². The number of carbonyl (C=O) groups is 4. The fourth-order valence-electron chi connectivity index (χ4n) is 5.42. The molecule has 0 spiro atoms. The van der Waals surface area contributed by atoms with Crippen molar-refractivity contribution in [3.05, 3.63) is 131 Å². The van der Waals surface area contributed by atoms with Crippen LogP contribution in [0.5, 0.6) is 23.0 Å². The van der Waals surface area contributed by atoms with Gasteiger partial charge in [-0.2, -0.15) is 0 Å². The molecule has 0 saturated heterocycles. The van der Waals surface area contributed by atoms with E-state index >= 15 is 0 Å². The Morgan fingerprint density at radius 2 is 0.904 bits per heavy atom. The zero-order valence-corrected chi connectivity index (χ0v) is 28.3. The molecule has 4 aromatic rings. The molecule has 4 amide bonds. The predicted octanol–water partition coefficient (Wildman–Crippen LogP) is 5.18. The van der Waals surface area contributed by atoms with Crippen LogP contribution in [0, 0.1) is 0 Å². The van der Waals surface area contributed by atoms with Gasteiger partial charge in [-0.15, -0.1) is 0 Å². The lowest BCUT2D eigenvalue weighted by atomic mass is 10.1. The topological polar surface area (TPSA) is 153 Å². The Kier molecular flexibility index (Phi) is 11.8. The van der Waals surface area contributed by atoms with Crippen LogP contribution in [0.25, 0.3) is 12.2 Å². The number of nitrogens with one attached hydrogen (secondary N) is 4. The number of rotatable bonds is 15. The van der Waals surface area contributed by atoms with Crippen molar-refractivity contribution in [2.24, 2.45) is 0 Å². The molecule has 0 radical (unpaired) electrons. The summed E-state index contributed by atoms with van der Waals surface area (Å²) in [6.07, 6.45) is 6.14. The lowest BCUT2D eigenvalue weighted by molar-refractivity contribution is -0.118. The summed E-state index contributed by atoms with van der Waals surface area (Å²) < 4.78 is 21.7. The molecule has 52 heavy (non-hydrogen) atoms. The number of hydrogen-bond acceptors (Lipinski definition) is 8. The molecule has 0 bridgehead atoms. The Morgan fingerprint density at radius 1 is 0.500 bits per heavy atom. The van der Waals surface area contributed by atoms with Gasteiger partial charge >= 0.3 is 0 Å². The number of unbranched alkanes of at least 4 members (excludes halogenated alkanes) is 3. The van der Waals surface area contributed by atoms with Gasteiger partial charge in [0.2, 0.25) is 13.6 Å². The van der Waals surface area contributed by atoms with Crippen molar-refractivity contribution in [1.82, 2.24) is 21.3 Å². The molecule has 12 nitrogen and oxygen atoms in total. The summed E-state index contributed by atoms with van der Waals surface area (Å²) in [5, 5.41) is 11.3. The molecule has 2 aliphatic heterocycles. The van der Waals surface area contributed by atoms with Crippen molar-refractivity contribution >= 4 is 35.8 Å². The average Bonchev–Trinajstić information content (AvgIpc) is 3.85. The molecule has 0 aliphatic carbocycles. The highest BCUT2D eigenvalue weighted by molar-refractivity contribution is 6.06. The maximum absolute atomic E-state index is 13.2. The minimum Gasteiger partial charge on any atom is -0.454 e. The summed E-state index contributed by atoms with van der Waals surface area (Å²) in [4.78, 5) is 52.3. The molecule has 2 aliphatic rings. The Morgan fingerprint density at radius 3 is 1.33 bits per heavy atom. The van der Waals surface area contributed by atoms with Crippen molar-refractivity contribution in [2.75, 3.05) is 26.7 Å². The van der Waals surface area contributed by atoms with Gasteiger partial charge < -0.3 is 40.2 Å². The molecular weight excluding hydrogens is 664 g/mol. The largest absolute Gasteiger partial charge is 0.454 e. The van der Waals surface area contributed by atoms with E-state index in [1.54, 1.807) is 97.1 Å². The summed E-state index contributed by atoms with van der Waals surface area (Å²) in [7, 11) is 0. The van der Waals surface area contributed by atoms with E-state index in [2.05, 4.69) is 21.3 Å². The van der Waals surface area contributed by atoms with Gasteiger partial charge in [0.15, 0.2) is 23.0 Å². The van der Waals surface area contributed by atoms with Gasteiger partial charge in [-0.05, 0) is 84.7 Å². The molecule has 2 heterocycles. The first-order valence-electron chi connectivity index (χ1n) is 16.9. The lowest BCUT2D eigenvalue weighted by Gasteiger charge is -2.12. The van der Waals surface area contributed by atoms with E-state index in [9.17, 15) is 19.2 Å². The van der Waals surface area contributed by atoms with Gasteiger partial charge in [0, 0.05) is 24.2 Å². The van der Waals surface area contributed by atoms with Crippen molar-refractivity contribution in [3.8, 4) is 23.0 Å². The smallest absolute Gasteiger partial charge is 0.267 e. The summed E-state index contributed by atoms with van der Waals surface area (Å²) in [5.41, 5.74) is 2.37. The van der Waals surface area contributed by atoms with E-state index in [0.29, 0.717) is 71.2 Å². The molecule has 0 unspecified atom stereocenters. The lowest BCUT2D eigenvalue weighted by Crippen LogP contribution is -2.35. The third-order valence-corrected chi connectivity index (χ3v) is 8.15. The van der Waals surface area contributed by atoms with E-state index < -0.39 is 23.6 Å². The Hall–Kier alpha value is -6.56. The maximum Gasteiger partial charge on any atom is 0.267 e. The normalized spacial score (nSPS) is 12.9. The highest BCUT2D eigenvalue weighted by Crippen LogP contribution is 2.34. The standard InChI is InChI=1S/C40H38N4O8/c45-37(29-11-5-3-6-12-29)43-31(21-27-15-17-33-35(23-27)51-25-49-33)39(47)41-19-9-1-2-10-20-42-40(48)32(44-38(46)30-13-7-4-8-14-30)22-28-16-18-34-36(24-28)52-26-50-34/h3-8,11-18,21-24H,1-2,9-10,19-20,25-26H2,(H,41,47)(H,42,48)(H,43,45)(H,44,46)/b31-21-,32-22+. The van der Waals surface area contributed by atoms with E-state index in [0.717, 1.165) is 12.8 Å². The molecule has 6 rings (SSSR count). The molecule has 0 aromatic heterocycles. The van der Waals surface area contributed by atoms with Gasteiger partial charge in [0.25, 0.3) is 23.6 Å². The van der Waals surface area contributed by atoms with E-state index in [1.165, 1.54) is 0 Å².